The summed E-state index contributed by atoms with van der Waals surface area (Å²) in [6, 6.07) is 6.63. The number of piperazine rings is 1. The first-order chi connectivity index (χ1) is 9.00. The number of benzene rings is 1. The van der Waals surface area contributed by atoms with Crippen LogP contribution in [0.25, 0.3) is 0 Å². The van der Waals surface area contributed by atoms with Crippen molar-refractivity contribution in [3.63, 3.8) is 0 Å². The van der Waals surface area contributed by atoms with Gasteiger partial charge in [0, 0.05) is 25.7 Å². The summed E-state index contributed by atoms with van der Waals surface area (Å²) in [5.41, 5.74) is 0.894. The van der Waals surface area contributed by atoms with Crippen molar-refractivity contribution in [1.29, 1.82) is 0 Å². The molecule has 2 rings (SSSR count). The third kappa shape index (κ3) is 2.62. The molecule has 2 N–H and O–H groups in total. The normalized spacial score (nSPS) is 19.3. The summed E-state index contributed by atoms with van der Waals surface area (Å²) in [5.74, 6) is -0.969. The molecule has 0 radical (unpaired) electrons. The minimum atomic E-state index is -0.969. The summed E-state index contributed by atoms with van der Waals surface area (Å²) in [7, 11) is 0. The lowest BCUT2D eigenvalue weighted by molar-refractivity contribution is 0.0696. The fourth-order valence-corrected chi connectivity index (χ4v) is 2.39. The fraction of sp³-hybridized carbons (Fsp3) is 0.385. The average molecular weight is 264 g/mol. The number of hydrogen-bond donors (Lipinski definition) is 2. The van der Waals surface area contributed by atoms with E-state index in [1.807, 2.05) is 11.8 Å². The molecule has 6 heteroatoms. The first kappa shape index (κ1) is 13.2. The van der Waals surface area contributed by atoms with E-state index in [2.05, 4.69) is 0 Å². The summed E-state index contributed by atoms with van der Waals surface area (Å²) in [6.45, 7) is 3.20. The van der Waals surface area contributed by atoms with Crippen LogP contribution in [0.4, 0.5) is 10.5 Å². The number of nitrogens with zero attached hydrogens (tertiary/aromatic N) is 2. The van der Waals surface area contributed by atoms with Gasteiger partial charge in [0.05, 0.1) is 11.3 Å². The van der Waals surface area contributed by atoms with E-state index in [0.717, 1.165) is 0 Å². The van der Waals surface area contributed by atoms with Gasteiger partial charge in [-0.05, 0) is 19.1 Å². The van der Waals surface area contributed by atoms with Crippen LogP contribution in [0.1, 0.15) is 17.3 Å². The molecule has 1 saturated heterocycles. The van der Waals surface area contributed by atoms with Gasteiger partial charge >= 0.3 is 12.1 Å². The number of anilines is 1. The van der Waals surface area contributed by atoms with Gasteiger partial charge in [0.25, 0.3) is 0 Å². The van der Waals surface area contributed by atoms with E-state index < -0.39 is 12.1 Å². The predicted molar refractivity (Wildman–Crippen MR) is 69.8 cm³/mol. The number of hydrogen-bond acceptors (Lipinski definition) is 3. The van der Waals surface area contributed by atoms with Gasteiger partial charge in [-0.1, -0.05) is 12.1 Å². The zero-order valence-corrected chi connectivity index (χ0v) is 10.6. The van der Waals surface area contributed by atoms with Gasteiger partial charge in [-0.25, -0.2) is 9.59 Å². The van der Waals surface area contributed by atoms with E-state index >= 15 is 0 Å². The maximum Gasteiger partial charge on any atom is 0.407 e. The largest absolute Gasteiger partial charge is 0.478 e. The quantitative estimate of drug-likeness (QED) is 0.847. The van der Waals surface area contributed by atoms with E-state index in [1.54, 1.807) is 24.3 Å². The standard InChI is InChI=1S/C13H16N2O4/c1-9-8-14(6-7-15(9)13(18)19)11-5-3-2-4-10(11)12(16)17/h2-5,9H,6-8H2,1H3,(H,16,17)(H,18,19)/t9-/m0/s1. The number of carboxylic acids is 1. The number of para-hydroxylation sites is 1. The molecule has 0 aliphatic carbocycles. The summed E-state index contributed by atoms with van der Waals surface area (Å²) in [5, 5.41) is 18.2. The van der Waals surface area contributed by atoms with Crippen LogP contribution in [0.3, 0.4) is 0 Å². The van der Waals surface area contributed by atoms with Gasteiger partial charge < -0.3 is 20.0 Å². The minimum absolute atomic E-state index is 0.159. The Morgan fingerprint density at radius 1 is 1.21 bits per heavy atom. The molecule has 1 fully saturated rings. The van der Waals surface area contributed by atoms with Crippen LogP contribution in [0.2, 0.25) is 0 Å². The highest BCUT2D eigenvalue weighted by molar-refractivity contribution is 5.94. The van der Waals surface area contributed by atoms with Crippen LogP contribution >= 0.6 is 0 Å². The Balaban J connectivity index is 2.21. The third-order valence-electron chi connectivity index (χ3n) is 3.35. The molecule has 102 valence electrons. The van der Waals surface area contributed by atoms with Crippen molar-refractivity contribution in [1.82, 2.24) is 4.90 Å². The molecule has 1 aromatic carbocycles. The number of carboxylic acid groups (broad SMARTS) is 2. The maximum absolute atomic E-state index is 11.2. The molecule has 1 aliphatic heterocycles. The third-order valence-corrected chi connectivity index (χ3v) is 3.35. The molecule has 1 atom stereocenters. The number of aromatic carboxylic acids is 1. The Morgan fingerprint density at radius 3 is 2.47 bits per heavy atom. The Labute approximate surface area is 110 Å². The fourth-order valence-electron chi connectivity index (χ4n) is 2.39. The SMILES string of the molecule is C[C@H]1CN(c2ccccc2C(=O)O)CCN1C(=O)O. The van der Waals surface area contributed by atoms with E-state index in [0.29, 0.717) is 25.3 Å². The first-order valence-corrected chi connectivity index (χ1v) is 6.07. The molecular weight excluding hydrogens is 248 g/mol. The van der Waals surface area contributed by atoms with Crippen molar-refractivity contribution in [3.8, 4) is 0 Å². The average Bonchev–Trinajstić information content (AvgIpc) is 2.38. The topological polar surface area (TPSA) is 81.1 Å². The highest BCUT2D eigenvalue weighted by Gasteiger charge is 2.28. The molecule has 0 saturated carbocycles. The summed E-state index contributed by atoms with van der Waals surface area (Å²) in [6.07, 6.45) is -0.932. The second-order valence-corrected chi connectivity index (χ2v) is 4.59. The smallest absolute Gasteiger partial charge is 0.407 e. The molecule has 6 nitrogen and oxygen atoms in total. The highest BCUT2D eigenvalue weighted by atomic mass is 16.4. The zero-order valence-electron chi connectivity index (χ0n) is 10.6. The lowest BCUT2D eigenvalue weighted by atomic mass is 10.1. The molecule has 0 unspecified atom stereocenters. The lowest BCUT2D eigenvalue weighted by Crippen LogP contribution is -2.54. The first-order valence-electron chi connectivity index (χ1n) is 6.07. The molecular formula is C13H16N2O4. The van der Waals surface area contributed by atoms with Crippen molar-refractivity contribution in [2.45, 2.75) is 13.0 Å². The van der Waals surface area contributed by atoms with E-state index in [-0.39, 0.29) is 11.6 Å². The van der Waals surface area contributed by atoms with Gasteiger partial charge in [0.1, 0.15) is 0 Å². The Hall–Kier alpha value is -2.24. The maximum atomic E-state index is 11.2. The zero-order chi connectivity index (χ0) is 14.0. The van der Waals surface area contributed by atoms with Crippen LogP contribution in [0.5, 0.6) is 0 Å². The highest BCUT2D eigenvalue weighted by Crippen LogP contribution is 2.23. The molecule has 1 heterocycles. The molecule has 1 aliphatic rings. The van der Waals surface area contributed by atoms with E-state index in [9.17, 15) is 14.7 Å². The van der Waals surface area contributed by atoms with Crippen LogP contribution in [0, 0.1) is 0 Å². The van der Waals surface area contributed by atoms with Crippen LogP contribution < -0.4 is 4.90 Å². The van der Waals surface area contributed by atoms with Crippen molar-refractivity contribution in [3.05, 3.63) is 29.8 Å². The van der Waals surface area contributed by atoms with Crippen molar-refractivity contribution in [2.24, 2.45) is 0 Å². The molecule has 0 aromatic heterocycles. The minimum Gasteiger partial charge on any atom is -0.478 e. The van der Waals surface area contributed by atoms with Gasteiger partial charge in [-0.15, -0.1) is 0 Å². The van der Waals surface area contributed by atoms with E-state index in [1.165, 1.54) is 4.90 Å². The Morgan fingerprint density at radius 2 is 1.89 bits per heavy atom. The Kier molecular flexibility index (Phi) is 3.59. The summed E-state index contributed by atoms with van der Waals surface area (Å²) >= 11 is 0. The molecule has 0 bridgehead atoms. The van der Waals surface area contributed by atoms with Gasteiger partial charge in [-0.2, -0.15) is 0 Å². The van der Waals surface area contributed by atoms with Crippen LogP contribution in [0.15, 0.2) is 24.3 Å². The lowest BCUT2D eigenvalue weighted by Gasteiger charge is -2.39. The molecule has 1 amide bonds. The summed E-state index contributed by atoms with van der Waals surface area (Å²) < 4.78 is 0. The predicted octanol–water partition coefficient (Wildman–Crippen LogP) is 1.57. The number of rotatable bonds is 2. The summed E-state index contributed by atoms with van der Waals surface area (Å²) in [4.78, 5) is 25.5. The second kappa shape index (κ2) is 5.17. The van der Waals surface area contributed by atoms with Crippen LogP contribution in [-0.4, -0.2) is 52.9 Å². The molecule has 19 heavy (non-hydrogen) atoms. The number of carbonyl (C=O) groups is 2. The monoisotopic (exact) mass is 264 g/mol. The molecule has 0 spiro atoms. The van der Waals surface area contributed by atoms with Crippen LogP contribution in [-0.2, 0) is 0 Å². The Bertz CT molecular complexity index is 503. The molecule has 1 aromatic rings. The van der Waals surface area contributed by atoms with Gasteiger partial charge in [-0.3, -0.25) is 0 Å². The van der Waals surface area contributed by atoms with E-state index in [4.69, 9.17) is 5.11 Å². The van der Waals surface area contributed by atoms with Gasteiger partial charge in [0.15, 0.2) is 0 Å². The second-order valence-electron chi connectivity index (χ2n) is 4.59. The van der Waals surface area contributed by atoms with Gasteiger partial charge in [0.2, 0.25) is 0 Å². The number of amides is 1. The van der Waals surface area contributed by atoms with Crippen molar-refractivity contribution < 1.29 is 19.8 Å². The van der Waals surface area contributed by atoms with Crippen molar-refractivity contribution in [2.75, 3.05) is 24.5 Å². The van der Waals surface area contributed by atoms with Crippen molar-refractivity contribution >= 4 is 17.7 Å².